The third-order valence-corrected chi connectivity index (χ3v) is 7.33. The fourth-order valence-electron chi connectivity index (χ4n) is 3.79. The quantitative estimate of drug-likeness (QED) is 0.189. The molecule has 4 aromatic rings. The number of carbonyl (C=O) groups is 1. The van der Waals surface area contributed by atoms with Crippen LogP contribution in [0.2, 0.25) is 10.0 Å². The number of halogens is 2. The SMILES string of the molecule is CCc1cc(N=Nc2c([O-])c(C(=O)Nc3ccc(Cl)cc3OC)cc3ccccc23)cc(S(=O)(=O)O)c1Cl.[Na+]. The van der Waals surface area contributed by atoms with Gasteiger partial charge in [0.15, 0.2) is 0 Å². The molecule has 0 radical (unpaired) electrons. The van der Waals surface area contributed by atoms with E-state index in [-0.39, 0.29) is 51.5 Å². The summed E-state index contributed by atoms with van der Waals surface area (Å²) >= 11 is 12.1. The molecule has 39 heavy (non-hydrogen) atoms. The summed E-state index contributed by atoms with van der Waals surface area (Å²) in [5.41, 5.74) is 0.441. The van der Waals surface area contributed by atoms with Crippen molar-refractivity contribution in [3.8, 4) is 11.5 Å². The first-order valence-electron chi connectivity index (χ1n) is 11.1. The number of nitrogens with one attached hydrogen (secondary N) is 1. The molecule has 1 amide bonds. The van der Waals surface area contributed by atoms with Gasteiger partial charge < -0.3 is 15.2 Å². The van der Waals surface area contributed by atoms with Crippen LogP contribution in [0.5, 0.6) is 11.5 Å². The Morgan fingerprint density at radius 1 is 1.08 bits per heavy atom. The van der Waals surface area contributed by atoms with Gasteiger partial charge in [-0.2, -0.15) is 18.6 Å². The average Bonchev–Trinajstić information content (AvgIpc) is 2.88. The van der Waals surface area contributed by atoms with Crippen molar-refractivity contribution < 1.29 is 57.2 Å². The van der Waals surface area contributed by atoms with E-state index in [1.165, 1.54) is 25.3 Å². The number of amides is 1. The Morgan fingerprint density at radius 2 is 1.79 bits per heavy atom. The summed E-state index contributed by atoms with van der Waals surface area (Å²) in [6.07, 6.45) is 0.351. The first-order valence-corrected chi connectivity index (χ1v) is 13.3. The number of anilines is 1. The molecule has 9 nitrogen and oxygen atoms in total. The van der Waals surface area contributed by atoms with Crippen LogP contribution in [0, 0.1) is 0 Å². The number of hydrogen-bond acceptors (Lipinski definition) is 7. The summed E-state index contributed by atoms with van der Waals surface area (Å²) in [6, 6.07) is 15.4. The fourth-order valence-corrected chi connectivity index (χ4v) is 5.11. The zero-order valence-electron chi connectivity index (χ0n) is 21.0. The molecule has 0 heterocycles. The van der Waals surface area contributed by atoms with Crippen molar-refractivity contribution in [1.82, 2.24) is 0 Å². The Morgan fingerprint density at radius 3 is 2.46 bits per heavy atom. The normalized spacial score (nSPS) is 11.4. The standard InChI is InChI=1S/C26H21Cl2N3O6S.Na/c1-3-14-10-17(13-22(23(14)28)38(34,35)36)30-31-24-18-7-5-4-6-15(18)11-19(25(24)32)26(33)29-20-9-8-16(27)12-21(20)37-2;/h4-13,32H,3H2,1-2H3,(H,29,33)(H,34,35,36);/q;+1/p-1. The number of methoxy groups -OCH3 is 1. The van der Waals surface area contributed by atoms with Gasteiger partial charge in [0.05, 0.1) is 29.2 Å². The van der Waals surface area contributed by atoms with Crippen molar-refractivity contribution in [2.75, 3.05) is 12.4 Å². The summed E-state index contributed by atoms with van der Waals surface area (Å²) in [5.74, 6) is -1.09. The van der Waals surface area contributed by atoms with Gasteiger partial charge in [-0.15, -0.1) is 0 Å². The van der Waals surface area contributed by atoms with Gasteiger partial charge in [-0.3, -0.25) is 9.35 Å². The minimum absolute atomic E-state index is 0. The molecule has 0 fully saturated rings. The average molecular weight is 596 g/mol. The Balaban J connectivity index is 0.00000420. The van der Waals surface area contributed by atoms with E-state index < -0.39 is 26.7 Å². The maximum absolute atomic E-state index is 13.4. The first kappa shape index (κ1) is 30.8. The minimum atomic E-state index is -4.64. The van der Waals surface area contributed by atoms with Gasteiger partial charge in [0.1, 0.15) is 10.6 Å². The smallest absolute Gasteiger partial charge is 0.870 e. The molecule has 0 aliphatic rings. The van der Waals surface area contributed by atoms with Crippen molar-refractivity contribution in [1.29, 1.82) is 0 Å². The molecule has 4 aromatic carbocycles. The number of rotatable bonds is 7. The van der Waals surface area contributed by atoms with Gasteiger partial charge in [0.2, 0.25) is 0 Å². The second-order valence-electron chi connectivity index (χ2n) is 8.07. The third kappa shape index (κ3) is 6.72. The van der Waals surface area contributed by atoms with Crippen LogP contribution in [0.15, 0.2) is 75.8 Å². The van der Waals surface area contributed by atoms with E-state index in [9.17, 15) is 22.9 Å². The van der Waals surface area contributed by atoms with E-state index in [2.05, 4.69) is 15.5 Å². The molecule has 0 saturated heterocycles. The second kappa shape index (κ2) is 12.6. The number of azo groups is 1. The summed E-state index contributed by atoms with van der Waals surface area (Å²) in [6.45, 7) is 1.75. The summed E-state index contributed by atoms with van der Waals surface area (Å²) in [4.78, 5) is 12.6. The Labute approximate surface area is 256 Å². The van der Waals surface area contributed by atoms with E-state index in [1.807, 2.05) is 0 Å². The van der Waals surface area contributed by atoms with Crippen molar-refractivity contribution in [3.63, 3.8) is 0 Å². The molecule has 0 aromatic heterocycles. The van der Waals surface area contributed by atoms with E-state index in [1.54, 1.807) is 43.3 Å². The molecule has 0 aliphatic carbocycles. The maximum atomic E-state index is 13.4. The third-order valence-electron chi connectivity index (χ3n) is 5.66. The summed E-state index contributed by atoms with van der Waals surface area (Å²) in [5, 5.41) is 25.5. The van der Waals surface area contributed by atoms with Gasteiger partial charge in [-0.25, -0.2) is 0 Å². The van der Waals surface area contributed by atoms with Crippen LogP contribution in [0.3, 0.4) is 0 Å². The molecule has 0 spiro atoms. The van der Waals surface area contributed by atoms with E-state index >= 15 is 0 Å². The zero-order valence-corrected chi connectivity index (χ0v) is 25.4. The van der Waals surface area contributed by atoms with Crippen LogP contribution >= 0.6 is 23.2 Å². The molecule has 4 rings (SSSR count). The number of aryl methyl sites for hydroxylation is 1. The summed E-state index contributed by atoms with van der Waals surface area (Å²) < 4.78 is 38.4. The number of nitrogens with zero attached hydrogens (tertiary/aromatic N) is 2. The van der Waals surface area contributed by atoms with Crippen LogP contribution < -0.4 is 44.7 Å². The Hall–Kier alpha value is -2.70. The first-order chi connectivity index (χ1) is 18.0. The molecular weight excluding hydrogens is 576 g/mol. The van der Waals surface area contributed by atoms with Crippen molar-refractivity contribution in [2.45, 2.75) is 18.2 Å². The monoisotopic (exact) mass is 595 g/mol. The molecule has 0 saturated carbocycles. The summed E-state index contributed by atoms with van der Waals surface area (Å²) in [7, 11) is -3.22. The van der Waals surface area contributed by atoms with E-state index in [4.69, 9.17) is 27.9 Å². The number of ether oxygens (including phenoxy) is 1. The number of carbonyl (C=O) groups excluding carboxylic acids is 1. The van der Waals surface area contributed by atoms with Crippen LogP contribution in [-0.2, 0) is 16.5 Å². The minimum Gasteiger partial charge on any atom is -0.870 e. The number of fused-ring (bicyclic) bond motifs is 1. The van der Waals surface area contributed by atoms with Gasteiger partial charge in [0, 0.05) is 22.0 Å². The van der Waals surface area contributed by atoms with Gasteiger partial charge in [-0.1, -0.05) is 60.1 Å². The number of hydrogen-bond donors (Lipinski definition) is 2. The van der Waals surface area contributed by atoms with Crippen LogP contribution in [0.1, 0.15) is 22.8 Å². The molecule has 0 bridgehead atoms. The molecule has 13 heteroatoms. The molecule has 0 aliphatic heterocycles. The Bertz CT molecular complexity index is 1710. The second-order valence-corrected chi connectivity index (χ2v) is 10.3. The van der Waals surface area contributed by atoms with Gasteiger partial charge in [0.25, 0.3) is 16.0 Å². The molecule has 2 N–H and O–H groups in total. The van der Waals surface area contributed by atoms with Crippen molar-refractivity contribution in [2.24, 2.45) is 10.2 Å². The van der Waals surface area contributed by atoms with Gasteiger partial charge in [-0.05, 0) is 47.7 Å². The largest absolute Gasteiger partial charge is 1.00 e. The van der Waals surface area contributed by atoms with E-state index in [0.29, 0.717) is 39.2 Å². The molecule has 196 valence electrons. The predicted molar refractivity (Wildman–Crippen MR) is 144 cm³/mol. The predicted octanol–water partition coefficient (Wildman–Crippen LogP) is 3.71. The van der Waals surface area contributed by atoms with Crippen molar-refractivity contribution >= 4 is 67.1 Å². The Kier molecular flexibility index (Phi) is 10.0. The topological polar surface area (TPSA) is 140 Å². The van der Waals surface area contributed by atoms with Crippen molar-refractivity contribution in [3.05, 3.63) is 81.8 Å². The zero-order chi connectivity index (χ0) is 27.6. The van der Waals surface area contributed by atoms with Gasteiger partial charge >= 0.3 is 29.6 Å². The van der Waals surface area contributed by atoms with Crippen LogP contribution in [-0.4, -0.2) is 26.0 Å². The molecule has 0 unspecified atom stereocenters. The van der Waals surface area contributed by atoms with E-state index in [0.717, 1.165) is 6.07 Å². The van der Waals surface area contributed by atoms with Crippen LogP contribution in [0.25, 0.3) is 10.8 Å². The fraction of sp³-hybridized carbons (Fsp3) is 0.115. The maximum Gasteiger partial charge on any atom is 1.00 e. The molecule has 0 atom stereocenters. The number of benzene rings is 4. The van der Waals surface area contributed by atoms with Crippen LogP contribution in [0.4, 0.5) is 17.1 Å². The molecular formula is C26H20Cl2N3NaO6S.